The molecule has 1 aliphatic heterocycles. The highest BCUT2D eigenvalue weighted by Gasteiger charge is 2.24. The molecule has 0 aromatic rings. The second kappa shape index (κ2) is 9.14. The first-order valence-corrected chi connectivity index (χ1v) is 9.36. The quantitative estimate of drug-likeness (QED) is 0.764. The normalized spacial score (nSPS) is 25.9. The zero-order valence-corrected chi connectivity index (χ0v) is 14.8. The molecule has 2 atom stereocenters. The van der Waals surface area contributed by atoms with Gasteiger partial charge in [-0.25, -0.2) is 4.79 Å². The summed E-state index contributed by atoms with van der Waals surface area (Å²) in [6.07, 6.45) is 8.37. The predicted molar refractivity (Wildman–Crippen MR) is 92.2 cm³/mol. The van der Waals surface area contributed by atoms with Crippen LogP contribution in [0.4, 0.5) is 4.79 Å². The third-order valence-corrected chi connectivity index (χ3v) is 5.01. The number of carbonyl (C=O) groups is 2. The molecule has 0 aromatic carbocycles. The van der Waals surface area contributed by atoms with Gasteiger partial charge in [0.1, 0.15) is 0 Å². The number of piperidine rings is 1. The molecule has 1 aliphatic carbocycles. The second-order valence-corrected chi connectivity index (χ2v) is 7.58. The first-order chi connectivity index (χ1) is 11.0. The Labute approximate surface area is 140 Å². The maximum absolute atomic E-state index is 12.2. The molecule has 0 spiro atoms. The van der Waals surface area contributed by atoms with Crippen LogP contribution >= 0.6 is 0 Å². The summed E-state index contributed by atoms with van der Waals surface area (Å²) in [7, 11) is 0. The third kappa shape index (κ3) is 6.40. The first kappa shape index (κ1) is 18.1. The Balaban J connectivity index is 1.57. The Bertz CT molecular complexity index is 384. The number of nitrogens with one attached hydrogen (secondary N) is 2. The topological polar surface area (TPSA) is 61.4 Å². The minimum absolute atomic E-state index is 0.0791. The Morgan fingerprint density at radius 2 is 1.70 bits per heavy atom. The zero-order chi connectivity index (χ0) is 16.7. The molecular weight excluding hydrogens is 290 g/mol. The number of rotatable bonds is 5. The highest BCUT2D eigenvalue weighted by Crippen LogP contribution is 2.21. The van der Waals surface area contributed by atoms with Crippen LogP contribution < -0.4 is 10.6 Å². The number of amides is 3. The fourth-order valence-corrected chi connectivity index (χ4v) is 3.95. The highest BCUT2D eigenvalue weighted by molar-refractivity contribution is 5.76. The molecule has 2 fully saturated rings. The molecule has 0 bridgehead atoms. The van der Waals surface area contributed by atoms with Gasteiger partial charge in [0.05, 0.1) is 0 Å². The summed E-state index contributed by atoms with van der Waals surface area (Å²) in [5.74, 6) is 1.43. The third-order valence-electron chi connectivity index (χ3n) is 5.01. The monoisotopic (exact) mass is 323 g/mol. The zero-order valence-electron chi connectivity index (χ0n) is 14.8. The molecule has 2 aliphatic rings. The van der Waals surface area contributed by atoms with Crippen LogP contribution in [-0.4, -0.2) is 42.5 Å². The number of hydrogen-bond donors (Lipinski definition) is 2. The van der Waals surface area contributed by atoms with Crippen LogP contribution in [0.25, 0.3) is 0 Å². The van der Waals surface area contributed by atoms with Crippen molar-refractivity contribution in [1.29, 1.82) is 0 Å². The van der Waals surface area contributed by atoms with Crippen LogP contribution in [0.3, 0.4) is 0 Å². The van der Waals surface area contributed by atoms with E-state index in [1.54, 1.807) is 0 Å². The van der Waals surface area contributed by atoms with E-state index >= 15 is 0 Å². The SMILES string of the molecule is CC1CC(C)CN(C(=O)CCCNC(=O)NC2CCCCC2)C1. The Hall–Kier alpha value is -1.26. The van der Waals surface area contributed by atoms with E-state index in [0.29, 0.717) is 30.8 Å². The summed E-state index contributed by atoms with van der Waals surface area (Å²) in [4.78, 5) is 26.1. The van der Waals surface area contributed by atoms with E-state index in [0.717, 1.165) is 32.4 Å². The molecule has 23 heavy (non-hydrogen) atoms. The number of nitrogens with zero attached hydrogens (tertiary/aromatic N) is 1. The van der Waals surface area contributed by atoms with E-state index < -0.39 is 0 Å². The van der Waals surface area contributed by atoms with Gasteiger partial charge in [0.15, 0.2) is 0 Å². The lowest BCUT2D eigenvalue weighted by atomic mass is 9.91. The van der Waals surface area contributed by atoms with Crippen molar-refractivity contribution in [3.8, 4) is 0 Å². The van der Waals surface area contributed by atoms with E-state index in [-0.39, 0.29) is 11.9 Å². The summed E-state index contributed by atoms with van der Waals surface area (Å²) in [5, 5.41) is 5.92. The maximum Gasteiger partial charge on any atom is 0.315 e. The van der Waals surface area contributed by atoms with Crippen LogP contribution in [0.2, 0.25) is 0 Å². The summed E-state index contributed by atoms with van der Waals surface area (Å²) >= 11 is 0. The van der Waals surface area contributed by atoms with Crippen LogP contribution in [-0.2, 0) is 4.79 Å². The average Bonchev–Trinajstić information content (AvgIpc) is 2.51. The minimum atomic E-state index is -0.0791. The van der Waals surface area contributed by atoms with Gasteiger partial charge in [-0.1, -0.05) is 33.1 Å². The Morgan fingerprint density at radius 3 is 2.35 bits per heavy atom. The van der Waals surface area contributed by atoms with Crippen molar-refractivity contribution in [1.82, 2.24) is 15.5 Å². The summed E-state index contributed by atoms with van der Waals surface area (Å²) in [5.41, 5.74) is 0. The Kier molecular flexibility index (Phi) is 7.18. The van der Waals surface area contributed by atoms with Crippen molar-refractivity contribution < 1.29 is 9.59 Å². The fourth-order valence-electron chi connectivity index (χ4n) is 3.95. The average molecular weight is 323 g/mol. The van der Waals surface area contributed by atoms with Crippen molar-refractivity contribution in [2.75, 3.05) is 19.6 Å². The number of carbonyl (C=O) groups excluding carboxylic acids is 2. The summed E-state index contributed by atoms with van der Waals surface area (Å²) in [6.45, 7) is 6.78. The largest absolute Gasteiger partial charge is 0.342 e. The molecule has 1 heterocycles. The van der Waals surface area contributed by atoms with Crippen LogP contribution in [0.5, 0.6) is 0 Å². The van der Waals surface area contributed by atoms with E-state index in [1.807, 2.05) is 4.90 Å². The summed E-state index contributed by atoms with van der Waals surface area (Å²) in [6, 6.07) is 0.256. The number of hydrogen-bond acceptors (Lipinski definition) is 2. The molecule has 132 valence electrons. The minimum Gasteiger partial charge on any atom is -0.342 e. The molecule has 3 amide bonds. The van der Waals surface area contributed by atoms with E-state index in [2.05, 4.69) is 24.5 Å². The molecule has 1 saturated heterocycles. The van der Waals surface area contributed by atoms with Gasteiger partial charge >= 0.3 is 6.03 Å². The van der Waals surface area contributed by atoms with E-state index in [1.165, 1.54) is 25.7 Å². The lowest BCUT2D eigenvalue weighted by Crippen LogP contribution is -2.44. The smallest absolute Gasteiger partial charge is 0.315 e. The van der Waals surface area contributed by atoms with Gasteiger partial charge < -0.3 is 15.5 Å². The van der Waals surface area contributed by atoms with Crippen molar-refractivity contribution in [2.24, 2.45) is 11.8 Å². The van der Waals surface area contributed by atoms with Gasteiger partial charge in [0.2, 0.25) is 5.91 Å². The van der Waals surface area contributed by atoms with Crippen molar-refractivity contribution in [3.63, 3.8) is 0 Å². The molecule has 0 aromatic heterocycles. The van der Waals surface area contributed by atoms with Crippen LogP contribution in [0.15, 0.2) is 0 Å². The van der Waals surface area contributed by atoms with Gasteiger partial charge in [-0.15, -0.1) is 0 Å². The van der Waals surface area contributed by atoms with Gasteiger partial charge in [0, 0.05) is 32.1 Å². The molecule has 0 radical (unpaired) electrons. The molecule has 5 heteroatoms. The molecule has 2 rings (SSSR count). The lowest BCUT2D eigenvalue weighted by Gasteiger charge is -2.35. The summed E-state index contributed by atoms with van der Waals surface area (Å²) < 4.78 is 0. The molecular formula is C18H33N3O2. The fraction of sp³-hybridized carbons (Fsp3) is 0.889. The molecule has 5 nitrogen and oxygen atoms in total. The van der Waals surface area contributed by atoms with Crippen molar-refractivity contribution >= 4 is 11.9 Å². The molecule has 1 saturated carbocycles. The maximum atomic E-state index is 12.2. The van der Waals surface area contributed by atoms with Gasteiger partial charge in [-0.2, -0.15) is 0 Å². The first-order valence-electron chi connectivity index (χ1n) is 9.36. The number of urea groups is 1. The second-order valence-electron chi connectivity index (χ2n) is 7.58. The highest BCUT2D eigenvalue weighted by atomic mass is 16.2. The van der Waals surface area contributed by atoms with Crippen molar-refractivity contribution in [2.45, 2.75) is 71.3 Å². The number of likely N-dealkylation sites (tertiary alicyclic amines) is 1. The van der Waals surface area contributed by atoms with E-state index in [4.69, 9.17) is 0 Å². The standard InChI is InChI=1S/C18H33N3O2/c1-14-11-15(2)13-21(12-14)17(22)9-6-10-19-18(23)20-16-7-4-3-5-8-16/h14-16H,3-13H2,1-2H3,(H2,19,20,23). The van der Waals surface area contributed by atoms with Gasteiger partial charge in [0.25, 0.3) is 0 Å². The molecule has 2 N–H and O–H groups in total. The van der Waals surface area contributed by atoms with Crippen LogP contribution in [0.1, 0.15) is 65.2 Å². The van der Waals surface area contributed by atoms with Gasteiger partial charge in [-0.05, 0) is 37.5 Å². The predicted octanol–water partition coefficient (Wildman–Crippen LogP) is 2.90. The van der Waals surface area contributed by atoms with E-state index in [9.17, 15) is 9.59 Å². The van der Waals surface area contributed by atoms with Crippen molar-refractivity contribution in [3.05, 3.63) is 0 Å². The van der Waals surface area contributed by atoms with Crippen LogP contribution in [0, 0.1) is 11.8 Å². The lowest BCUT2D eigenvalue weighted by molar-refractivity contribution is -0.133. The Morgan fingerprint density at radius 1 is 1.04 bits per heavy atom. The van der Waals surface area contributed by atoms with Gasteiger partial charge in [-0.3, -0.25) is 4.79 Å². The molecule has 2 unspecified atom stereocenters.